The summed E-state index contributed by atoms with van der Waals surface area (Å²) >= 11 is 12.2. The highest BCUT2D eigenvalue weighted by Gasteiger charge is 2.17. The second kappa shape index (κ2) is 6.06. The average Bonchev–Trinajstić information content (AvgIpc) is 2.37. The number of hydrogen-bond acceptors (Lipinski definition) is 0. The monoisotopic (exact) mass is 318 g/mol. The van der Waals surface area contributed by atoms with E-state index in [0.29, 0.717) is 11.1 Å². The van der Waals surface area contributed by atoms with Crippen molar-refractivity contribution in [2.45, 2.75) is 18.7 Å². The van der Waals surface area contributed by atoms with Gasteiger partial charge in [-0.2, -0.15) is 0 Å². The Labute approximate surface area is 125 Å². The first kappa shape index (κ1) is 15.2. The summed E-state index contributed by atoms with van der Waals surface area (Å²) in [4.78, 5) is 0. The Morgan fingerprint density at radius 1 is 1.05 bits per heavy atom. The minimum atomic E-state index is -0.661. The lowest BCUT2D eigenvalue weighted by Gasteiger charge is -2.14. The molecule has 2 aromatic rings. The summed E-state index contributed by atoms with van der Waals surface area (Å²) in [5, 5.41) is -0.433. The normalized spacial score (nSPS) is 12.5. The molecule has 0 radical (unpaired) electrons. The summed E-state index contributed by atoms with van der Waals surface area (Å²) in [7, 11) is 0. The van der Waals surface area contributed by atoms with E-state index in [1.54, 1.807) is 6.92 Å². The molecule has 0 aliphatic carbocycles. The van der Waals surface area contributed by atoms with Gasteiger partial charge in [-0.25, -0.2) is 13.2 Å². The van der Waals surface area contributed by atoms with Crippen LogP contribution in [0.2, 0.25) is 5.02 Å². The molecule has 0 N–H and O–H groups in total. The number of aryl methyl sites for hydroxylation is 1. The molecule has 106 valence electrons. The quantitative estimate of drug-likeness (QED) is 0.647. The topological polar surface area (TPSA) is 0 Å². The predicted octanol–water partition coefficient (Wildman–Crippen LogP) is 5.59. The van der Waals surface area contributed by atoms with Crippen LogP contribution in [0.5, 0.6) is 0 Å². The summed E-state index contributed by atoms with van der Waals surface area (Å²) in [5.41, 5.74) is 1.22. The van der Waals surface area contributed by atoms with E-state index in [0.717, 1.165) is 6.07 Å². The Morgan fingerprint density at radius 3 is 2.40 bits per heavy atom. The first-order valence-electron chi connectivity index (χ1n) is 5.92. The largest absolute Gasteiger partial charge is 0.207 e. The first-order valence-corrected chi connectivity index (χ1v) is 6.73. The molecule has 0 spiro atoms. The van der Waals surface area contributed by atoms with Gasteiger partial charge < -0.3 is 0 Å². The van der Waals surface area contributed by atoms with Crippen LogP contribution in [0.3, 0.4) is 0 Å². The summed E-state index contributed by atoms with van der Waals surface area (Å²) < 4.78 is 39.7. The maximum atomic E-state index is 13.6. The molecule has 2 aromatic carbocycles. The molecular formula is C15H11Cl2F3. The van der Waals surface area contributed by atoms with Crippen LogP contribution in [-0.4, -0.2) is 0 Å². The molecule has 0 nitrogen and oxygen atoms in total. The van der Waals surface area contributed by atoms with Gasteiger partial charge in [-0.15, -0.1) is 11.6 Å². The van der Waals surface area contributed by atoms with Crippen molar-refractivity contribution in [3.05, 3.63) is 69.5 Å². The molecule has 0 aromatic heterocycles. The molecule has 1 atom stereocenters. The molecule has 0 aliphatic rings. The molecule has 0 heterocycles. The standard InChI is InChI=1S/C15H11Cl2F3/c1-8-4-11(13(17)7-14(8)19)12(16)5-9-2-3-10(18)6-15(9)20/h2-4,6-7,12H,5H2,1H3. The van der Waals surface area contributed by atoms with Crippen molar-refractivity contribution in [2.24, 2.45) is 0 Å². The Morgan fingerprint density at radius 2 is 1.75 bits per heavy atom. The van der Waals surface area contributed by atoms with Crippen LogP contribution in [-0.2, 0) is 6.42 Å². The van der Waals surface area contributed by atoms with Crippen molar-refractivity contribution >= 4 is 23.2 Å². The fraction of sp³-hybridized carbons (Fsp3) is 0.200. The third-order valence-electron chi connectivity index (χ3n) is 3.03. The number of benzene rings is 2. The highest BCUT2D eigenvalue weighted by molar-refractivity contribution is 6.32. The SMILES string of the molecule is Cc1cc(C(Cl)Cc2ccc(F)cc2F)c(Cl)cc1F. The molecule has 0 saturated heterocycles. The maximum absolute atomic E-state index is 13.6. The molecule has 0 saturated carbocycles. The number of alkyl halides is 1. The van der Waals surface area contributed by atoms with Crippen molar-refractivity contribution in [3.8, 4) is 0 Å². The van der Waals surface area contributed by atoms with E-state index >= 15 is 0 Å². The molecule has 20 heavy (non-hydrogen) atoms. The molecule has 0 fully saturated rings. The summed E-state index contributed by atoms with van der Waals surface area (Å²) in [5.74, 6) is -1.73. The minimum absolute atomic E-state index is 0.137. The number of rotatable bonds is 3. The summed E-state index contributed by atoms with van der Waals surface area (Å²) in [6.07, 6.45) is 0.137. The Hall–Kier alpha value is -1.19. The molecule has 0 aliphatic heterocycles. The zero-order valence-corrected chi connectivity index (χ0v) is 12.1. The van der Waals surface area contributed by atoms with E-state index in [9.17, 15) is 13.2 Å². The highest BCUT2D eigenvalue weighted by Crippen LogP contribution is 2.33. The van der Waals surface area contributed by atoms with E-state index in [1.807, 2.05) is 0 Å². The Kier molecular flexibility index (Phi) is 4.61. The van der Waals surface area contributed by atoms with E-state index < -0.39 is 22.8 Å². The van der Waals surface area contributed by atoms with Crippen LogP contribution in [0.15, 0.2) is 30.3 Å². The molecule has 0 amide bonds. The van der Waals surface area contributed by atoms with Crippen LogP contribution >= 0.6 is 23.2 Å². The van der Waals surface area contributed by atoms with E-state index in [4.69, 9.17) is 23.2 Å². The Bertz CT molecular complexity index is 641. The van der Waals surface area contributed by atoms with Gasteiger partial charge in [-0.3, -0.25) is 0 Å². The lowest BCUT2D eigenvalue weighted by molar-refractivity contribution is 0.570. The molecule has 1 unspecified atom stereocenters. The first-order chi connectivity index (χ1) is 9.38. The second-order valence-corrected chi connectivity index (χ2v) is 5.46. The summed E-state index contributed by atoms with van der Waals surface area (Å²) in [6.45, 7) is 1.59. The van der Waals surface area contributed by atoms with Crippen molar-refractivity contribution < 1.29 is 13.2 Å². The van der Waals surface area contributed by atoms with Gasteiger partial charge in [0.2, 0.25) is 0 Å². The van der Waals surface area contributed by atoms with Crippen molar-refractivity contribution in [1.82, 2.24) is 0 Å². The molecular weight excluding hydrogens is 308 g/mol. The maximum Gasteiger partial charge on any atom is 0.129 e. The zero-order chi connectivity index (χ0) is 14.9. The zero-order valence-electron chi connectivity index (χ0n) is 10.6. The van der Waals surface area contributed by atoms with Crippen molar-refractivity contribution in [3.63, 3.8) is 0 Å². The van der Waals surface area contributed by atoms with Gasteiger partial charge in [0.25, 0.3) is 0 Å². The lowest BCUT2D eigenvalue weighted by Crippen LogP contribution is -2.01. The summed E-state index contributed by atoms with van der Waals surface area (Å²) in [6, 6.07) is 6.03. The van der Waals surface area contributed by atoms with Crippen LogP contribution in [0, 0.1) is 24.4 Å². The van der Waals surface area contributed by atoms with Gasteiger partial charge in [0.1, 0.15) is 17.5 Å². The average molecular weight is 319 g/mol. The number of hydrogen-bond donors (Lipinski definition) is 0. The van der Waals surface area contributed by atoms with Crippen molar-refractivity contribution in [2.75, 3.05) is 0 Å². The van der Waals surface area contributed by atoms with Crippen LogP contribution in [0.4, 0.5) is 13.2 Å². The second-order valence-electron chi connectivity index (χ2n) is 4.53. The van der Waals surface area contributed by atoms with E-state index in [1.165, 1.54) is 24.3 Å². The van der Waals surface area contributed by atoms with Gasteiger partial charge in [-0.05, 0) is 42.2 Å². The Balaban J connectivity index is 2.28. The fourth-order valence-corrected chi connectivity index (χ4v) is 2.59. The molecule has 5 heteroatoms. The number of halogens is 5. The van der Waals surface area contributed by atoms with Crippen LogP contribution in [0.25, 0.3) is 0 Å². The molecule has 0 bridgehead atoms. The van der Waals surface area contributed by atoms with Gasteiger partial charge in [0, 0.05) is 11.1 Å². The van der Waals surface area contributed by atoms with Gasteiger partial charge >= 0.3 is 0 Å². The van der Waals surface area contributed by atoms with Crippen molar-refractivity contribution in [1.29, 1.82) is 0 Å². The lowest BCUT2D eigenvalue weighted by atomic mass is 10.0. The van der Waals surface area contributed by atoms with Crippen LogP contribution < -0.4 is 0 Å². The fourth-order valence-electron chi connectivity index (χ4n) is 1.91. The predicted molar refractivity (Wildman–Crippen MR) is 74.8 cm³/mol. The van der Waals surface area contributed by atoms with E-state index in [2.05, 4.69) is 0 Å². The smallest absolute Gasteiger partial charge is 0.129 e. The van der Waals surface area contributed by atoms with Gasteiger partial charge in [0.05, 0.1) is 5.38 Å². The van der Waals surface area contributed by atoms with Gasteiger partial charge in [0.15, 0.2) is 0 Å². The third kappa shape index (κ3) is 3.28. The minimum Gasteiger partial charge on any atom is -0.207 e. The highest BCUT2D eigenvalue weighted by atomic mass is 35.5. The van der Waals surface area contributed by atoms with Crippen LogP contribution in [0.1, 0.15) is 22.1 Å². The third-order valence-corrected chi connectivity index (χ3v) is 3.75. The van der Waals surface area contributed by atoms with Gasteiger partial charge in [-0.1, -0.05) is 23.7 Å². The van der Waals surface area contributed by atoms with E-state index in [-0.39, 0.29) is 17.0 Å². The molecule has 2 rings (SSSR count).